The van der Waals surface area contributed by atoms with E-state index in [0.29, 0.717) is 0 Å². The van der Waals surface area contributed by atoms with Crippen molar-refractivity contribution in [3.05, 3.63) is 0 Å². The average Bonchev–Trinajstić information content (AvgIpc) is 2.77. The maximum absolute atomic E-state index is 5.54. The molecule has 1 heteroatoms. The van der Waals surface area contributed by atoms with Crippen molar-refractivity contribution < 1.29 is 4.74 Å². The van der Waals surface area contributed by atoms with Crippen molar-refractivity contribution in [1.82, 2.24) is 0 Å². The maximum Gasteiger partial charge on any atom is 0.0497 e. The van der Waals surface area contributed by atoms with Crippen molar-refractivity contribution in [2.45, 2.75) is 65.7 Å². The minimum Gasteiger partial charge on any atom is -0.381 e. The maximum atomic E-state index is 5.54. The Hall–Kier alpha value is -0.0400. The molecular formula is C17H32O. The number of ether oxygens (including phenoxy) is 1. The van der Waals surface area contributed by atoms with E-state index in [1.54, 1.807) is 0 Å². The predicted molar refractivity (Wildman–Crippen MR) is 77.6 cm³/mol. The summed E-state index contributed by atoms with van der Waals surface area (Å²) in [6.07, 6.45) is 10.2. The first-order valence-electron chi connectivity index (χ1n) is 8.24. The Morgan fingerprint density at radius 3 is 2.44 bits per heavy atom. The summed E-state index contributed by atoms with van der Waals surface area (Å²) in [4.78, 5) is 0. The molecule has 0 radical (unpaired) electrons. The van der Waals surface area contributed by atoms with Crippen LogP contribution in [0, 0.1) is 29.6 Å². The molecule has 0 amide bonds. The first-order chi connectivity index (χ1) is 8.66. The van der Waals surface area contributed by atoms with Crippen molar-refractivity contribution in [3.8, 4) is 0 Å². The monoisotopic (exact) mass is 252 g/mol. The lowest BCUT2D eigenvalue weighted by atomic mass is 9.82. The highest BCUT2D eigenvalue weighted by Gasteiger charge is 2.27. The summed E-state index contributed by atoms with van der Waals surface area (Å²) in [5, 5.41) is 0. The smallest absolute Gasteiger partial charge is 0.0497 e. The van der Waals surface area contributed by atoms with Crippen molar-refractivity contribution in [2.24, 2.45) is 29.6 Å². The Morgan fingerprint density at radius 1 is 0.944 bits per heavy atom. The minimum absolute atomic E-state index is 0.856. The largest absolute Gasteiger partial charge is 0.381 e. The zero-order valence-corrected chi connectivity index (χ0v) is 12.7. The van der Waals surface area contributed by atoms with Gasteiger partial charge in [-0.15, -0.1) is 0 Å². The van der Waals surface area contributed by atoms with Crippen LogP contribution in [0.4, 0.5) is 0 Å². The van der Waals surface area contributed by atoms with E-state index in [1.165, 1.54) is 44.9 Å². The highest BCUT2D eigenvalue weighted by atomic mass is 16.5. The fourth-order valence-corrected chi connectivity index (χ4v) is 4.03. The normalized spacial score (nSPS) is 35.7. The summed E-state index contributed by atoms with van der Waals surface area (Å²) >= 11 is 0. The summed E-state index contributed by atoms with van der Waals surface area (Å²) in [7, 11) is 0. The molecule has 106 valence electrons. The van der Waals surface area contributed by atoms with Gasteiger partial charge in [0.25, 0.3) is 0 Å². The van der Waals surface area contributed by atoms with E-state index in [0.717, 1.165) is 42.8 Å². The molecule has 2 fully saturated rings. The van der Waals surface area contributed by atoms with Gasteiger partial charge in [0.15, 0.2) is 0 Å². The third kappa shape index (κ3) is 3.98. The van der Waals surface area contributed by atoms with E-state index in [9.17, 15) is 0 Å². The van der Waals surface area contributed by atoms with E-state index < -0.39 is 0 Å². The van der Waals surface area contributed by atoms with Crippen LogP contribution in [0.15, 0.2) is 0 Å². The highest BCUT2D eigenvalue weighted by Crippen LogP contribution is 2.36. The topological polar surface area (TPSA) is 9.23 Å². The van der Waals surface area contributed by atoms with Gasteiger partial charge in [-0.1, -0.05) is 46.5 Å². The van der Waals surface area contributed by atoms with Crippen LogP contribution < -0.4 is 0 Å². The lowest BCUT2D eigenvalue weighted by Crippen LogP contribution is -2.16. The van der Waals surface area contributed by atoms with Gasteiger partial charge < -0.3 is 4.74 Å². The fraction of sp³-hybridized carbons (Fsp3) is 1.00. The molecule has 4 atom stereocenters. The van der Waals surface area contributed by atoms with Gasteiger partial charge in [0, 0.05) is 13.2 Å². The lowest BCUT2D eigenvalue weighted by Gasteiger charge is -2.23. The zero-order chi connectivity index (χ0) is 13.0. The second-order valence-electron chi connectivity index (χ2n) is 7.22. The van der Waals surface area contributed by atoms with Crippen LogP contribution in [0.5, 0.6) is 0 Å². The van der Waals surface area contributed by atoms with Crippen LogP contribution in [0.25, 0.3) is 0 Å². The molecule has 0 bridgehead atoms. The molecule has 0 spiro atoms. The van der Waals surface area contributed by atoms with E-state index in [-0.39, 0.29) is 0 Å². The Labute approximate surface area is 114 Å². The van der Waals surface area contributed by atoms with Gasteiger partial charge in [-0.3, -0.25) is 0 Å². The zero-order valence-electron chi connectivity index (χ0n) is 12.7. The molecule has 0 aromatic heterocycles. The molecule has 1 aliphatic carbocycles. The molecule has 1 saturated carbocycles. The minimum atomic E-state index is 0.856. The van der Waals surface area contributed by atoms with Crippen molar-refractivity contribution in [2.75, 3.05) is 13.2 Å². The Morgan fingerprint density at radius 2 is 1.78 bits per heavy atom. The SMILES string of the molecule is CC(C)C1CCCC(CC(C)C2CCOC2)CC1. The van der Waals surface area contributed by atoms with Gasteiger partial charge in [-0.2, -0.15) is 0 Å². The van der Waals surface area contributed by atoms with Gasteiger partial charge in [0.1, 0.15) is 0 Å². The van der Waals surface area contributed by atoms with E-state index >= 15 is 0 Å². The van der Waals surface area contributed by atoms with E-state index in [2.05, 4.69) is 20.8 Å². The average molecular weight is 252 g/mol. The molecule has 1 saturated heterocycles. The summed E-state index contributed by atoms with van der Waals surface area (Å²) in [5.41, 5.74) is 0. The molecule has 2 aliphatic rings. The van der Waals surface area contributed by atoms with Crippen LogP contribution in [-0.4, -0.2) is 13.2 Å². The molecule has 0 N–H and O–H groups in total. The first-order valence-corrected chi connectivity index (χ1v) is 8.24. The van der Waals surface area contributed by atoms with Gasteiger partial charge >= 0.3 is 0 Å². The second-order valence-corrected chi connectivity index (χ2v) is 7.22. The van der Waals surface area contributed by atoms with Crippen LogP contribution in [0.2, 0.25) is 0 Å². The number of hydrogen-bond acceptors (Lipinski definition) is 1. The Balaban J connectivity index is 1.75. The third-order valence-electron chi connectivity index (χ3n) is 5.55. The van der Waals surface area contributed by atoms with E-state index in [4.69, 9.17) is 4.74 Å². The molecule has 0 aromatic rings. The summed E-state index contributed by atoms with van der Waals surface area (Å²) in [6.45, 7) is 9.31. The van der Waals surface area contributed by atoms with Gasteiger partial charge in [-0.25, -0.2) is 0 Å². The molecule has 1 nitrogen and oxygen atoms in total. The lowest BCUT2D eigenvalue weighted by molar-refractivity contribution is 0.166. The molecule has 0 aromatic carbocycles. The van der Waals surface area contributed by atoms with Gasteiger partial charge in [0.05, 0.1) is 0 Å². The van der Waals surface area contributed by atoms with Crippen molar-refractivity contribution in [1.29, 1.82) is 0 Å². The van der Waals surface area contributed by atoms with Gasteiger partial charge in [-0.05, 0) is 48.9 Å². The molecule has 1 heterocycles. The molecule has 4 unspecified atom stereocenters. The predicted octanol–water partition coefficient (Wildman–Crippen LogP) is 4.90. The second kappa shape index (κ2) is 6.93. The Bertz CT molecular complexity index is 230. The molecule has 18 heavy (non-hydrogen) atoms. The molecule has 1 aliphatic heterocycles. The van der Waals surface area contributed by atoms with Crippen molar-refractivity contribution >= 4 is 0 Å². The summed E-state index contributed by atoms with van der Waals surface area (Å²) in [5.74, 6) is 4.64. The van der Waals surface area contributed by atoms with E-state index in [1.807, 2.05) is 0 Å². The van der Waals surface area contributed by atoms with Crippen molar-refractivity contribution in [3.63, 3.8) is 0 Å². The van der Waals surface area contributed by atoms with Crippen LogP contribution in [-0.2, 0) is 4.74 Å². The Kier molecular flexibility index (Phi) is 5.54. The summed E-state index contributed by atoms with van der Waals surface area (Å²) < 4.78 is 5.54. The molecule has 2 rings (SSSR count). The fourth-order valence-electron chi connectivity index (χ4n) is 4.03. The quantitative estimate of drug-likeness (QED) is 0.646. The number of rotatable bonds is 4. The molecular weight excluding hydrogens is 220 g/mol. The van der Waals surface area contributed by atoms with Gasteiger partial charge in [0.2, 0.25) is 0 Å². The third-order valence-corrected chi connectivity index (χ3v) is 5.55. The number of hydrogen-bond donors (Lipinski definition) is 0. The van der Waals surface area contributed by atoms with Crippen LogP contribution >= 0.6 is 0 Å². The highest BCUT2D eigenvalue weighted by molar-refractivity contribution is 4.77. The first kappa shape index (κ1) is 14.4. The van der Waals surface area contributed by atoms with Crippen LogP contribution in [0.1, 0.15) is 65.7 Å². The van der Waals surface area contributed by atoms with Crippen LogP contribution in [0.3, 0.4) is 0 Å². The standard InChI is InChI=1S/C17H32O/c1-13(2)16-6-4-5-15(7-8-16)11-14(3)17-9-10-18-12-17/h13-17H,4-12H2,1-3H3. The summed E-state index contributed by atoms with van der Waals surface area (Å²) in [6, 6.07) is 0.